The van der Waals surface area contributed by atoms with Gasteiger partial charge in [-0.2, -0.15) is 0 Å². The summed E-state index contributed by atoms with van der Waals surface area (Å²) in [6.07, 6.45) is 4.35. The molecule has 116 valence electrons. The van der Waals surface area contributed by atoms with Crippen molar-refractivity contribution in [3.05, 3.63) is 29.8 Å². The van der Waals surface area contributed by atoms with Crippen LogP contribution in [0.1, 0.15) is 45.1 Å². The van der Waals surface area contributed by atoms with Crippen LogP contribution >= 0.6 is 0 Å². The normalized spacial score (nSPS) is 11.8. The molecule has 1 unspecified atom stereocenters. The number of benzene rings is 1. The predicted octanol–water partition coefficient (Wildman–Crippen LogP) is 3.13. The molecule has 0 heterocycles. The third-order valence-electron chi connectivity index (χ3n) is 3.63. The Labute approximate surface area is 127 Å². The van der Waals surface area contributed by atoms with E-state index in [9.17, 15) is 9.59 Å². The number of rotatable bonds is 8. The molecule has 0 aliphatic carbocycles. The predicted molar refractivity (Wildman–Crippen MR) is 86.1 cm³/mol. The number of unbranched alkanes of at least 4 members (excludes halogenated alkanes) is 1. The summed E-state index contributed by atoms with van der Waals surface area (Å²) in [6.45, 7) is 4.18. The Morgan fingerprint density at radius 3 is 2.33 bits per heavy atom. The maximum Gasteiger partial charge on any atom is 0.227 e. The van der Waals surface area contributed by atoms with Gasteiger partial charge in [-0.05, 0) is 30.5 Å². The van der Waals surface area contributed by atoms with Crippen molar-refractivity contribution in [1.82, 2.24) is 5.32 Å². The minimum absolute atomic E-state index is 0.0163. The SMILES string of the molecule is CCCCC(CC)C(=O)Nc1ccc(CC(=O)NC)cc1. The number of carbonyl (C=O) groups excluding carboxylic acids is 2. The first-order valence-corrected chi connectivity index (χ1v) is 7.71. The van der Waals surface area contributed by atoms with E-state index in [0.29, 0.717) is 6.42 Å². The highest BCUT2D eigenvalue weighted by Gasteiger charge is 2.15. The highest BCUT2D eigenvalue weighted by atomic mass is 16.2. The molecule has 1 rings (SSSR count). The fourth-order valence-corrected chi connectivity index (χ4v) is 2.20. The first kappa shape index (κ1) is 17.2. The number of hydrogen-bond acceptors (Lipinski definition) is 2. The van der Waals surface area contributed by atoms with Crippen molar-refractivity contribution >= 4 is 17.5 Å². The summed E-state index contributed by atoms with van der Waals surface area (Å²) in [5.74, 6) is 0.151. The van der Waals surface area contributed by atoms with Crippen LogP contribution < -0.4 is 10.6 Å². The zero-order valence-corrected chi connectivity index (χ0v) is 13.2. The van der Waals surface area contributed by atoms with Crippen molar-refractivity contribution in [1.29, 1.82) is 0 Å². The van der Waals surface area contributed by atoms with E-state index >= 15 is 0 Å². The van der Waals surface area contributed by atoms with Gasteiger partial charge in [0.25, 0.3) is 0 Å². The molecule has 1 aromatic carbocycles. The molecule has 2 amide bonds. The average Bonchev–Trinajstić information content (AvgIpc) is 2.50. The first-order valence-electron chi connectivity index (χ1n) is 7.71. The molecule has 0 radical (unpaired) electrons. The molecule has 1 atom stereocenters. The molecule has 1 aromatic rings. The third kappa shape index (κ3) is 5.98. The van der Waals surface area contributed by atoms with Gasteiger partial charge in [-0.3, -0.25) is 9.59 Å². The molecule has 4 heteroatoms. The Hall–Kier alpha value is -1.84. The van der Waals surface area contributed by atoms with E-state index < -0.39 is 0 Å². The number of anilines is 1. The number of carbonyl (C=O) groups is 2. The molecule has 0 aliphatic rings. The number of likely N-dealkylation sites (N-methyl/N-ethyl adjacent to an activating group) is 1. The summed E-state index contributed by atoms with van der Waals surface area (Å²) in [7, 11) is 1.62. The van der Waals surface area contributed by atoms with E-state index in [2.05, 4.69) is 17.6 Å². The fraction of sp³-hybridized carbons (Fsp3) is 0.529. The monoisotopic (exact) mass is 290 g/mol. The van der Waals surface area contributed by atoms with Gasteiger partial charge < -0.3 is 10.6 Å². The van der Waals surface area contributed by atoms with Crippen molar-refractivity contribution < 1.29 is 9.59 Å². The summed E-state index contributed by atoms with van der Waals surface area (Å²) >= 11 is 0. The minimum Gasteiger partial charge on any atom is -0.359 e. The standard InChI is InChI=1S/C17H26N2O2/c1-4-6-7-14(5-2)17(21)19-15-10-8-13(9-11-15)12-16(20)18-3/h8-11,14H,4-7,12H2,1-3H3,(H,18,20)(H,19,21). The van der Waals surface area contributed by atoms with E-state index in [1.807, 2.05) is 31.2 Å². The van der Waals surface area contributed by atoms with Crippen LogP contribution in [-0.2, 0) is 16.0 Å². The molecule has 0 aliphatic heterocycles. The van der Waals surface area contributed by atoms with Crippen LogP contribution in [0.4, 0.5) is 5.69 Å². The summed E-state index contributed by atoms with van der Waals surface area (Å²) in [5.41, 5.74) is 1.72. The molecule has 0 bridgehead atoms. The molecular formula is C17H26N2O2. The van der Waals surface area contributed by atoms with Gasteiger partial charge in [-0.25, -0.2) is 0 Å². The lowest BCUT2D eigenvalue weighted by Gasteiger charge is -2.14. The van der Waals surface area contributed by atoms with Crippen LogP contribution in [0.3, 0.4) is 0 Å². The molecule has 0 spiro atoms. The Morgan fingerprint density at radius 1 is 1.14 bits per heavy atom. The zero-order valence-electron chi connectivity index (χ0n) is 13.2. The van der Waals surface area contributed by atoms with Crippen LogP contribution in [0.25, 0.3) is 0 Å². The largest absolute Gasteiger partial charge is 0.359 e. The van der Waals surface area contributed by atoms with E-state index in [1.165, 1.54) is 0 Å². The highest BCUT2D eigenvalue weighted by molar-refractivity contribution is 5.92. The Balaban J connectivity index is 2.57. The van der Waals surface area contributed by atoms with Gasteiger partial charge in [0, 0.05) is 18.7 Å². The smallest absolute Gasteiger partial charge is 0.227 e. The molecule has 4 nitrogen and oxygen atoms in total. The summed E-state index contributed by atoms with van der Waals surface area (Å²) < 4.78 is 0. The third-order valence-corrected chi connectivity index (χ3v) is 3.63. The first-order chi connectivity index (χ1) is 10.1. The van der Waals surface area contributed by atoms with Crippen LogP contribution in [0.15, 0.2) is 24.3 Å². The van der Waals surface area contributed by atoms with Crippen molar-refractivity contribution in [2.24, 2.45) is 5.92 Å². The van der Waals surface area contributed by atoms with Gasteiger partial charge in [0.1, 0.15) is 0 Å². The zero-order chi connectivity index (χ0) is 15.7. The Kier molecular flexibility index (Phi) is 7.51. The maximum atomic E-state index is 12.2. The van der Waals surface area contributed by atoms with Crippen molar-refractivity contribution in [3.63, 3.8) is 0 Å². The second kappa shape index (κ2) is 9.16. The van der Waals surface area contributed by atoms with Gasteiger partial charge in [0.15, 0.2) is 0 Å². The van der Waals surface area contributed by atoms with Gasteiger partial charge in [-0.1, -0.05) is 38.8 Å². The second-order valence-corrected chi connectivity index (χ2v) is 5.28. The lowest BCUT2D eigenvalue weighted by atomic mass is 9.98. The minimum atomic E-state index is -0.0163. The number of nitrogens with one attached hydrogen (secondary N) is 2. The van der Waals surface area contributed by atoms with E-state index in [1.54, 1.807) is 7.05 Å². The Morgan fingerprint density at radius 2 is 1.81 bits per heavy atom. The van der Waals surface area contributed by atoms with Crippen LogP contribution in [0.2, 0.25) is 0 Å². The average molecular weight is 290 g/mol. The van der Waals surface area contributed by atoms with Gasteiger partial charge in [0.2, 0.25) is 11.8 Å². The van der Waals surface area contributed by atoms with Gasteiger partial charge >= 0.3 is 0 Å². The summed E-state index contributed by atoms with van der Waals surface area (Å²) in [6, 6.07) is 7.45. The molecule has 0 saturated heterocycles. The number of hydrogen-bond donors (Lipinski definition) is 2. The Bertz CT molecular complexity index is 454. The lowest BCUT2D eigenvalue weighted by Crippen LogP contribution is -2.22. The maximum absolute atomic E-state index is 12.2. The molecule has 21 heavy (non-hydrogen) atoms. The fourth-order valence-electron chi connectivity index (χ4n) is 2.20. The lowest BCUT2D eigenvalue weighted by molar-refractivity contribution is -0.120. The van der Waals surface area contributed by atoms with E-state index in [-0.39, 0.29) is 17.7 Å². The topological polar surface area (TPSA) is 58.2 Å². The van der Waals surface area contributed by atoms with E-state index in [4.69, 9.17) is 0 Å². The van der Waals surface area contributed by atoms with Gasteiger partial charge in [-0.15, -0.1) is 0 Å². The molecule has 0 aromatic heterocycles. The van der Waals surface area contributed by atoms with Crippen molar-refractivity contribution in [2.45, 2.75) is 46.0 Å². The van der Waals surface area contributed by atoms with Gasteiger partial charge in [0.05, 0.1) is 6.42 Å². The van der Waals surface area contributed by atoms with Crippen LogP contribution in [0.5, 0.6) is 0 Å². The molecule has 0 fully saturated rings. The quantitative estimate of drug-likeness (QED) is 0.773. The van der Waals surface area contributed by atoms with E-state index in [0.717, 1.165) is 36.9 Å². The number of amides is 2. The highest BCUT2D eigenvalue weighted by Crippen LogP contribution is 2.17. The van der Waals surface area contributed by atoms with Crippen molar-refractivity contribution in [3.8, 4) is 0 Å². The summed E-state index contributed by atoms with van der Waals surface area (Å²) in [4.78, 5) is 23.5. The summed E-state index contributed by atoms with van der Waals surface area (Å²) in [5, 5.41) is 5.55. The molecule has 0 saturated carbocycles. The second-order valence-electron chi connectivity index (χ2n) is 5.28. The van der Waals surface area contributed by atoms with Crippen LogP contribution in [-0.4, -0.2) is 18.9 Å². The molecule has 2 N–H and O–H groups in total. The van der Waals surface area contributed by atoms with Crippen LogP contribution in [0, 0.1) is 5.92 Å². The molecular weight excluding hydrogens is 264 g/mol. The van der Waals surface area contributed by atoms with Crippen molar-refractivity contribution in [2.75, 3.05) is 12.4 Å².